The summed E-state index contributed by atoms with van der Waals surface area (Å²) in [6.07, 6.45) is 1.03. The van der Waals surface area contributed by atoms with Crippen LogP contribution < -0.4 is 10.2 Å². The molecule has 5 nitrogen and oxygen atoms in total. The number of hydrogen-bond donors (Lipinski definition) is 1. The van der Waals surface area contributed by atoms with E-state index in [4.69, 9.17) is 4.74 Å². The van der Waals surface area contributed by atoms with Gasteiger partial charge in [0.1, 0.15) is 5.75 Å². The Labute approximate surface area is 157 Å². The Kier molecular flexibility index (Phi) is 6.42. The van der Waals surface area contributed by atoms with Crippen molar-refractivity contribution in [3.8, 4) is 5.75 Å². The fraction of sp³-hybridized carbons (Fsp3) is 0.368. The van der Waals surface area contributed by atoms with Crippen molar-refractivity contribution in [2.45, 2.75) is 46.8 Å². The van der Waals surface area contributed by atoms with Crippen LogP contribution in [0, 0.1) is 13.8 Å². The standard InChI is InChI=1S/C19H24BrN3O2/c1-12(2)23-13(3)9-16(14(23)4)11-21-22-19(24)15(5)25-18-8-6-7-17(20)10-18/h6-12,15H,1-5H3,(H,22,24)/b21-11-/t15-/m0/s1. The highest BCUT2D eigenvalue weighted by Crippen LogP contribution is 2.19. The molecule has 0 saturated heterocycles. The number of ether oxygens (including phenoxy) is 1. The van der Waals surface area contributed by atoms with Gasteiger partial charge in [-0.1, -0.05) is 22.0 Å². The van der Waals surface area contributed by atoms with E-state index >= 15 is 0 Å². The van der Waals surface area contributed by atoms with Crippen LogP contribution in [0.2, 0.25) is 0 Å². The molecule has 0 aliphatic heterocycles. The fourth-order valence-corrected chi connectivity index (χ4v) is 3.16. The summed E-state index contributed by atoms with van der Waals surface area (Å²) in [6, 6.07) is 9.82. The van der Waals surface area contributed by atoms with E-state index in [1.807, 2.05) is 18.2 Å². The van der Waals surface area contributed by atoms with Crippen LogP contribution in [0.5, 0.6) is 5.75 Å². The molecule has 1 amide bonds. The lowest BCUT2D eigenvalue weighted by Gasteiger charge is -2.13. The molecule has 6 heteroatoms. The number of amides is 1. The number of aryl methyl sites for hydroxylation is 1. The van der Waals surface area contributed by atoms with Gasteiger partial charge in [-0.3, -0.25) is 4.79 Å². The molecule has 25 heavy (non-hydrogen) atoms. The highest BCUT2D eigenvalue weighted by molar-refractivity contribution is 9.10. The van der Waals surface area contributed by atoms with Crippen LogP contribution in [0.4, 0.5) is 0 Å². The van der Waals surface area contributed by atoms with Crippen LogP contribution in [-0.4, -0.2) is 22.8 Å². The van der Waals surface area contributed by atoms with Gasteiger partial charge in [-0.05, 0) is 58.9 Å². The summed E-state index contributed by atoms with van der Waals surface area (Å²) >= 11 is 3.38. The van der Waals surface area contributed by atoms with Gasteiger partial charge in [0, 0.05) is 27.5 Å². The Morgan fingerprint density at radius 2 is 2.00 bits per heavy atom. The molecule has 0 aliphatic rings. The Morgan fingerprint density at radius 3 is 2.60 bits per heavy atom. The molecule has 0 radical (unpaired) electrons. The number of hydrogen-bond acceptors (Lipinski definition) is 3. The maximum Gasteiger partial charge on any atom is 0.280 e. The van der Waals surface area contributed by atoms with E-state index in [1.54, 1.807) is 19.2 Å². The first-order chi connectivity index (χ1) is 11.8. The molecular weight excluding hydrogens is 382 g/mol. The van der Waals surface area contributed by atoms with E-state index in [2.05, 4.69) is 64.8 Å². The lowest BCUT2D eigenvalue weighted by Crippen LogP contribution is -2.33. The number of benzene rings is 1. The van der Waals surface area contributed by atoms with Gasteiger partial charge in [-0.15, -0.1) is 0 Å². The van der Waals surface area contributed by atoms with Gasteiger partial charge in [0.15, 0.2) is 6.10 Å². The lowest BCUT2D eigenvalue weighted by molar-refractivity contribution is -0.127. The molecule has 0 bridgehead atoms. The van der Waals surface area contributed by atoms with Crippen molar-refractivity contribution in [3.05, 3.63) is 51.8 Å². The predicted molar refractivity (Wildman–Crippen MR) is 104 cm³/mol. The minimum absolute atomic E-state index is 0.297. The van der Waals surface area contributed by atoms with E-state index < -0.39 is 6.10 Å². The van der Waals surface area contributed by atoms with Crippen LogP contribution in [0.1, 0.15) is 43.8 Å². The van der Waals surface area contributed by atoms with Gasteiger partial charge < -0.3 is 9.30 Å². The zero-order chi connectivity index (χ0) is 18.6. The van der Waals surface area contributed by atoms with Crippen molar-refractivity contribution in [3.63, 3.8) is 0 Å². The summed E-state index contributed by atoms with van der Waals surface area (Å²) in [5.41, 5.74) is 5.83. The summed E-state index contributed by atoms with van der Waals surface area (Å²) in [5.74, 6) is 0.329. The van der Waals surface area contributed by atoms with Crippen molar-refractivity contribution in [2.24, 2.45) is 5.10 Å². The molecular formula is C19H24BrN3O2. The smallest absolute Gasteiger partial charge is 0.280 e. The first-order valence-corrected chi connectivity index (χ1v) is 9.02. The summed E-state index contributed by atoms with van der Waals surface area (Å²) in [4.78, 5) is 12.1. The van der Waals surface area contributed by atoms with Crippen LogP contribution in [0.15, 0.2) is 39.9 Å². The van der Waals surface area contributed by atoms with E-state index in [1.165, 1.54) is 5.69 Å². The highest BCUT2D eigenvalue weighted by atomic mass is 79.9. The molecule has 1 atom stereocenters. The number of nitrogens with zero attached hydrogens (tertiary/aromatic N) is 2. The molecule has 1 aromatic carbocycles. The molecule has 0 saturated carbocycles. The van der Waals surface area contributed by atoms with Crippen molar-refractivity contribution in [1.82, 2.24) is 9.99 Å². The topological polar surface area (TPSA) is 55.6 Å². The Morgan fingerprint density at radius 1 is 1.28 bits per heavy atom. The van der Waals surface area contributed by atoms with E-state index in [0.717, 1.165) is 15.7 Å². The highest BCUT2D eigenvalue weighted by Gasteiger charge is 2.14. The first-order valence-electron chi connectivity index (χ1n) is 8.23. The number of halogens is 1. The zero-order valence-electron chi connectivity index (χ0n) is 15.2. The minimum atomic E-state index is -0.644. The molecule has 0 aliphatic carbocycles. The molecule has 1 N–H and O–H groups in total. The molecule has 2 aromatic rings. The number of carbonyl (C=O) groups excluding carboxylic acids is 1. The Hall–Kier alpha value is -2.08. The summed E-state index contributed by atoms with van der Waals surface area (Å²) in [6.45, 7) is 10.1. The predicted octanol–water partition coefficient (Wildman–Crippen LogP) is 4.37. The van der Waals surface area contributed by atoms with Crippen molar-refractivity contribution in [1.29, 1.82) is 0 Å². The molecule has 2 rings (SSSR count). The monoisotopic (exact) mass is 405 g/mol. The number of hydrazone groups is 1. The second-order valence-electron chi connectivity index (χ2n) is 6.24. The summed E-state index contributed by atoms with van der Waals surface area (Å²) < 4.78 is 8.76. The summed E-state index contributed by atoms with van der Waals surface area (Å²) in [7, 11) is 0. The van der Waals surface area contributed by atoms with Gasteiger partial charge >= 0.3 is 0 Å². The van der Waals surface area contributed by atoms with Crippen LogP contribution in [0.3, 0.4) is 0 Å². The molecule has 0 unspecified atom stereocenters. The third-order valence-electron chi connectivity index (χ3n) is 3.90. The average Bonchev–Trinajstić information content (AvgIpc) is 2.81. The molecule has 134 valence electrons. The van der Waals surface area contributed by atoms with Crippen LogP contribution in [0.25, 0.3) is 0 Å². The molecule has 1 heterocycles. The number of aromatic nitrogens is 1. The van der Waals surface area contributed by atoms with Gasteiger partial charge in [-0.25, -0.2) is 5.43 Å². The van der Waals surface area contributed by atoms with Crippen LogP contribution in [-0.2, 0) is 4.79 Å². The average molecular weight is 406 g/mol. The molecule has 0 spiro atoms. The van der Waals surface area contributed by atoms with Crippen LogP contribution >= 0.6 is 15.9 Å². The Balaban J connectivity index is 1.97. The molecule has 1 aromatic heterocycles. The maximum absolute atomic E-state index is 12.1. The third-order valence-corrected chi connectivity index (χ3v) is 4.39. The van der Waals surface area contributed by atoms with Crippen molar-refractivity contribution in [2.75, 3.05) is 0 Å². The van der Waals surface area contributed by atoms with Crippen molar-refractivity contribution >= 4 is 28.1 Å². The zero-order valence-corrected chi connectivity index (χ0v) is 16.8. The van der Waals surface area contributed by atoms with E-state index in [9.17, 15) is 4.79 Å². The SMILES string of the molecule is Cc1cc(/C=N\NC(=O)[C@H](C)Oc2cccc(Br)c2)c(C)n1C(C)C. The largest absolute Gasteiger partial charge is 0.481 e. The maximum atomic E-state index is 12.1. The first kappa shape index (κ1) is 19.2. The number of nitrogens with one attached hydrogen (secondary N) is 1. The second kappa shape index (κ2) is 8.34. The van der Waals surface area contributed by atoms with E-state index in [0.29, 0.717) is 11.8 Å². The fourth-order valence-electron chi connectivity index (χ4n) is 2.78. The minimum Gasteiger partial charge on any atom is -0.481 e. The normalized spacial score (nSPS) is 12.6. The third kappa shape index (κ3) is 4.95. The van der Waals surface area contributed by atoms with Gasteiger partial charge in [0.25, 0.3) is 5.91 Å². The Bertz CT molecular complexity index is 781. The second-order valence-corrected chi connectivity index (χ2v) is 7.16. The molecule has 0 fully saturated rings. The number of carbonyl (C=O) groups is 1. The summed E-state index contributed by atoms with van der Waals surface area (Å²) in [5, 5.41) is 4.07. The van der Waals surface area contributed by atoms with Gasteiger partial charge in [0.2, 0.25) is 0 Å². The van der Waals surface area contributed by atoms with E-state index in [-0.39, 0.29) is 5.91 Å². The lowest BCUT2D eigenvalue weighted by atomic mass is 10.2. The van der Waals surface area contributed by atoms with Gasteiger partial charge in [0.05, 0.1) is 6.21 Å². The quantitative estimate of drug-likeness (QED) is 0.572. The van der Waals surface area contributed by atoms with Crippen molar-refractivity contribution < 1.29 is 9.53 Å². The number of rotatable bonds is 6. The van der Waals surface area contributed by atoms with Gasteiger partial charge in [-0.2, -0.15) is 5.10 Å².